The van der Waals surface area contributed by atoms with Crippen molar-refractivity contribution in [2.24, 2.45) is 5.73 Å². The highest BCUT2D eigenvalue weighted by Gasteiger charge is 2.14. The van der Waals surface area contributed by atoms with Crippen molar-refractivity contribution < 1.29 is 23.4 Å². The van der Waals surface area contributed by atoms with E-state index in [-0.39, 0.29) is 19.6 Å². The molecule has 3 N–H and O–H groups in total. The van der Waals surface area contributed by atoms with Crippen LogP contribution in [0.2, 0.25) is 0 Å². The molecule has 0 spiro atoms. The number of aryl methyl sites for hydroxylation is 1. The van der Waals surface area contributed by atoms with Gasteiger partial charge in [-0.15, -0.1) is 0 Å². The molecule has 0 aliphatic heterocycles. The molecule has 6 nitrogen and oxygen atoms in total. The van der Waals surface area contributed by atoms with Crippen molar-refractivity contribution in [3.63, 3.8) is 0 Å². The molecule has 0 bridgehead atoms. The zero-order chi connectivity index (χ0) is 22.0. The lowest BCUT2D eigenvalue weighted by atomic mass is 10.0. The van der Waals surface area contributed by atoms with Crippen LogP contribution in [0.15, 0.2) is 59.1 Å². The van der Waals surface area contributed by atoms with E-state index in [0.717, 1.165) is 16.7 Å². The van der Waals surface area contributed by atoms with Crippen molar-refractivity contribution in [1.82, 2.24) is 4.98 Å². The predicted octanol–water partition coefficient (Wildman–Crippen LogP) is 4.61. The van der Waals surface area contributed by atoms with Gasteiger partial charge in [-0.3, -0.25) is 9.78 Å². The fourth-order valence-corrected chi connectivity index (χ4v) is 3.51. The Hall–Kier alpha value is -3.71. The Morgan fingerprint density at radius 2 is 2.03 bits per heavy atom. The number of carbonyl (C=O) groups is 1. The SMILES string of the molecule is Cc1ccc(CC(=O)O)c(OCc2cc(-c3ccnc(CN)c3)c3oc(F)cc3c2)c1. The second-order valence-electron chi connectivity index (χ2n) is 7.32. The summed E-state index contributed by atoms with van der Waals surface area (Å²) < 4.78 is 25.2. The lowest BCUT2D eigenvalue weighted by Crippen LogP contribution is -2.04. The van der Waals surface area contributed by atoms with Crippen LogP contribution in [0.3, 0.4) is 0 Å². The van der Waals surface area contributed by atoms with E-state index in [4.69, 9.17) is 20.0 Å². The fraction of sp³-hybridized carbons (Fsp3) is 0.167. The van der Waals surface area contributed by atoms with Gasteiger partial charge in [-0.25, -0.2) is 0 Å². The van der Waals surface area contributed by atoms with E-state index in [1.807, 2.05) is 37.3 Å². The third-order valence-electron chi connectivity index (χ3n) is 4.94. The van der Waals surface area contributed by atoms with Gasteiger partial charge < -0.3 is 20.0 Å². The molecule has 7 heteroatoms. The standard InChI is InChI=1S/C24H21FN2O4/c1-14-2-3-17(11-23(28)29)21(6-14)30-13-15-7-18-10-22(25)31-24(18)20(8-15)16-4-5-27-19(9-16)12-26/h2-10H,11-13,26H2,1H3,(H,28,29). The van der Waals surface area contributed by atoms with Crippen LogP contribution < -0.4 is 10.5 Å². The summed E-state index contributed by atoms with van der Waals surface area (Å²) in [5, 5.41) is 9.76. The molecule has 31 heavy (non-hydrogen) atoms. The van der Waals surface area contributed by atoms with Crippen LogP contribution >= 0.6 is 0 Å². The molecule has 0 aliphatic carbocycles. The summed E-state index contributed by atoms with van der Waals surface area (Å²) in [6.07, 6.45) is 1.52. The van der Waals surface area contributed by atoms with Gasteiger partial charge >= 0.3 is 5.97 Å². The molecule has 0 saturated heterocycles. The molecule has 0 atom stereocenters. The number of pyridine rings is 1. The number of halogens is 1. The second-order valence-corrected chi connectivity index (χ2v) is 7.32. The number of fused-ring (bicyclic) bond motifs is 1. The lowest BCUT2D eigenvalue weighted by molar-refractivity contribution is -0.136. The maximum absolute atomic E-state index is 13.9. The maximum atomic E-state index is 13.9. The van der Waals surface area contributed by atoms with Gasteiger partial charge in [-0.1, -0.05) is 12.1 Å². The van der Waals surface area contributed by atoms with E-state index < -0.39 is 12.0 Å². The lowest BCUT2D eigenvalue weighted by Gasteiger charge is -2.13. The first-order chi connectivity index (χ1) is 14.9. The minimum absolute atomic E-state index is 0.133. The third-order valence-corrected chi connectivity index (χ3v) is 4.94. The van der Waals surface area contributed by atoms with E-state index in [1.54, 1.807) is 18.3 Å². The van der Waals surface area contributed by atoms with Crippen molar-refractivity contribution in [2.45, 2.75) is 26.5 Å². The molecule has 0 fully saturated rings. The summed E-state index contributed by atoms with van der Waals surface area (Å²) in [5.41, 5.74) is 10.7. The Bertz CT molecular complexity index is 1270. The average molecular weight is 420 g/mol. The Kier molecular flexibility index (Phi) is 5.68. The molecular formula is C24H21FN2O4. The first kappa shape index (κ1) is 20.6. The number of ether oxygens (including phenoxy) is 1. The highest BCUT2D eigenvalue weighted by molar-refractivity contribution is 5.93. The molecule has 0 unspecified atom stereocenters. The van der Waals surface area contributed by atoms with Gasteiger partial charge in [-0.05, 0) is 53.9 Å². The Morgan fingerprint density at radius 1 is 1.19 bits per heavy atom. The largest absolute Gasteiger partial charge is 0.489 e. The van der Waals surface area contributed by atoms with Gasteiger partial charge in [0.2, 0.25) is 0 Å². The monoisotopic (exact) mass is 420 g/mol. The van der Waals surface area contributed by atoms with Crippen molar-refractivity contribution in [3.8, 4) is 16.9 Å². The molecule has 0 radical (unpaired) electrons. The maximum Gasteiger partial charge on any atom is 0.307 e. The Morgan fingerprint density at radius 3 is 2.81 bits per heavy atom. The Labute approximate surface area is 178 Å². The zero-order valence-electron chi connectivity index (χ0n) is 16.9. The predicted molar refractivity (Wildman–Crippen MR) is 114 cm³/mol. The van der Waals surface area contributed by atoms with Crippen LogP contribution in [-0.4, -0.2) is 16.1 Å². The topological polar surface area (TPSA) is 98.6 Å². The average Bonchev–Trinajstić information content (AvgIpc) is 3.13. The van der Waals surface area contributed by atoms with Gasteiger partial charge in [-0.2, -0.15) is 4.39 Å². The van der Waals surface area contributed by atoms with Crippen molar-refractivity contribution in [1.29, 1.82) is 0 Å². The molecule has 2 aromatic carbocycles. The van der Waals surface area contributed by atoms with Crippen LogP contribution in [0.25, 0.3) is 22.1 Å². The first-order valence-corrected chi connectivity index (χ1v) is 9.74. The zero-order valence-corrected chi connectivity index (χ0v) is 16.9. The van der Waals surface area contributed by atoms with Gasteiger partial charge in [0.1, 0.15) is 17.9 Å². The molecular weight excluding hydrogens is 399 g/mol. The molecule has 0 saturated carbocycles. The highest BCUT2D eigenvalue weighted by atomic mass is 19.1. The minimum Gasteiger partial charge on any atom is -0.489 e. The summed E-state index contributed by atoms with van der Waals surface area (Å²) in [5.74, 6) is -0.420. The number of hydrogen-bond donors (Lipinski definition) is 2. The smallest absolute Gasteiger partial charge is 0.307 e. The summed E-state index contributed by atoms with van der Waals surface area (Å²) >= 11 is 0. The van der Waals surface area contributed by atoms with E-state index in [1.165, 1.54) is 6.07 Å². The molecule has 2 heterocycles. The van der Waals surface area contributed by atoms with Gasteiger partial charge in [0, 0.05) is 35.3 Å². The summed E-state index contributed by atoms with van der Waals surface area (Å²) in [7, 11) is 0. The van der Waals surface area contributed by atoms with Crippen molar-refractivity contribution in [3.05, 3.63) is 83.1 Å². The molecule has 4 aromatic rings. The Balaban J connectivity index is 1.71. The summed E-state index contributed by atoms with van der Waals surface area (Å²) in [4.78, 5) is 15.4. The number of rotatable bonds is 7. The van der Waals surface area contributed by atoms with Crippen LogP contribution in [0.1, 0.15) is 22.4 Å². The number of furan rings is 1. The first-order valence-electron chi connectivity index (χ1n) is 9.74. The molecule has 4 rings (SSSR count). The number of aromatic nitrogens is 1. The second kappa shape index (κ2) is 8.57. The fourth-order valence-electron chi connectivity index (χ4n) is 3.51. The number of nitrogens with zero attached hydrogens (tertiary/aromatic N) is 1. The van der Waals surface area contributed by atoms with E-state index in [2.05, 4.69) is 4.98 Å². The van der Waals surface area contributed by atoms with E-state index >= 15 is 0 Å². The summed E-state index contributed by atoms with van der Waals surface area (Å²) in [6, 6.07) is 13.4. The van der Waals surface area contributed by atoms with E-state index in [0.29, 0.717) is 33.5 Å². The van der Waals surface area contributed by atoms with Crippen LogP contribution in [0.4, 0.5) is 4.39 Å². The highest BCUT2D eigenvalue weighted by Crippen LogP contribution is 2.33. The number of carboxylic acid groups (broad SMARTS) is 1. The third kappa shape index (κ3) is 4.57. The van der Waals surface area contributed by atoms with Crippen LogP contribution in [0, 0.1) is 12.9 Å². The van der Waals surface area contributed by atoms with Gasteiger partial charge in [0.25, 0.3) is 6.01 Å². The number of hydrogen-bond acceptors (Lipinski definition) is 5. The van der Waals surface area contributed by atoms with Crippen molar-refractivity contribution >= 4 is 16.9 Å². The van der Waals surface area contributed by atoms with Gasteiger partial charge in [0.05, 0.1) is 12.1 Å². The minimum atomic E-state index is -0.931. The van der Waals surface area contributed by atoms with Crippen LogP contribution in [0.5, 0.6) is 5.75 Å². The number of benzene rings is 2. The molecule has 0 amide bonds. The summed E-state index contributed by atoms with van der Waals surface area (Å²) in [6.45, 7) is 2.38. The quantitative estimate of drug-likeness (QED) is 0.453. The van der Waals surface area contributed by atoms with E-state index in [9.17, 15) is 9.18 Å². The van der Waals surface area contributed by atoms with Crippen LogP contribution in [-0.2, 0) is 24.4 Å². The van der Waals surface area contributed by atoms with Gasteiger partial charge in [0.15, 0.2) is 0 Å². The normalized spacial score (nSPS) is 11.1. The number of nitrogens with two attached hydrogens (primary N) is 1. The van der Waals surface area contributed by atoms with Crippen molar-refractivity contribution in [2.75, 3.05) is 0 Å². The number of aliphatic carboxylic acids is 1. The molecule has 158 valence electrons. The molecule has 0 aliphatic rings. The number of carboxylic acids is 1. The molecule has 2 aromatic heterocycles.